The zero-order chi connectivity index (χ0) is 15.7. The Morgan fingerprint density at radius 2 is 1.82 bits per heavy atom. The van der Waals surface area contributed by atoms with Crippen LogP contribution in [0.1, 0.15) is 30.1 Å². The number of piperidine rings is 3. The van der Waals surface area contributed by atoms with Gasteiger partial charge in [0.15, 0.2) is 11.6 Å². The molecule has 0 saturated carbocycles. The van der Waals surface area contributed by atoms with Crippen molar-refractivity contribution in [1.29, 1.82) is 0 Å². The number of Topliss-reactive ketones (excluding diaryl/α,β-unsaturated/α-hetero) is 3. The third-order valence-corrected chi connectivity index (χ3v) is 4.56. The monoisotopic (exact) mass is 297 g/mol. The predicted molar refractivity (Wildman–Crippen MR) is 82.3 cm³/mol. The summed E-state index contributed by atoms with van der Waals surface area (Å²) in [4.78, 5) is 38.9. The molecule has 3 saturated heterocycles. The molecule has 2 bridgehead atoms. The molecule has 3 heterocycles. The molecular weight excluding hydrogens is 278 g/mol. The van der Waals surface area contributed by atoms with E-state index >= 15 is 0 Å². The quantitative estimate of drug-likeness (QED) is 0.486. The van der Waals surface area contributed by atoms with E-state index in [9.17, 15) is 14.4 Å². The second-order valence-corrected chi connectivity index (χ2v) is 6.00. The number of carbonyl (C=O) groups excluding carboxylic acids is 3. The Kier molecular flexibility index (Phi) is 3.92. The highest BCUT2D eigenvalue weighted by Gasteiger charge is 2.37. The second-order valence-electron chi connectivity index (χ2n) is 6.00. The molecule has 114 valence electrons. The van der Waals surface area contributed by atoms with E-state index in [0.717, 1.165) is 25.9 Å². The molecule has 4 nitrogen and oxygen atoms in total. The first-order chi connectivity index (χ1) is 10.6. The summed E-state index contributed by atoms with van der Waals surface area (Å²) in [7, 11) is 0. The number of fused-ring (bicyclic) bond motifs is 3. The number of hydrogen-bond donors (Lipinski definition) is 0. The fourth-order valence-corrected chi connectivity index (χ4v) is 3.25. The molecule has 0 spiro atoms. The van der Waals surface area contributed by atoms with Crippen molar-refractivity contribution in [2.45, 2.75) is 19.8 Å². The number of allylic oxidation sites excluding steroid dienone is 2. The van der Waals surface area contributed by atoms with Crippen LogP contribution in [0.25, 0.3) is 0 Å². The Hall–Kier alpha value is -2.23. The normalized spacial score (nSPS) is 21.2. The van der Waals surface area contributed by atoms with Crippen molar-refractivity contribution in [2.75, 3.05) is 13.1 Å². The highest BCUT2D eigenvalue weighted by Crippen LogP contribution is 2.32. The Morgan fingerprint density at radius 3 is 2.36 bits per heavy atom. The van der Waals surface area contributed by atoms with E-state index in [4.69, 9.17) is 0 Å². The van der Waals surface area contributed by atoms with Crippen molar-refractivity contribution in [3.05, 3.63) is 47.7 Å². The zero-order valence-corrected chi connectivity index (χ0v) is 12.6. The summed E-state index contributed by atoms with van der Waals surface area (Å²) in [5, 5.41) is 0. The first kappa shape index (κ1) is 14.7. The van der Waals surface area contributed by atoms with Crippen LogP contribution >= 0.6 is 0 Å². The predicted octanol–water partition coefficient (Wildman–Crippen LogP) is 2.25. The highest BCUT2D eigenvalue weighted by atomic mass is 16.2. The minimum Gasteiger partial charge on any atom is -0.369 e. The lowest BCUT2D eigenvalue weighted by molar-refractivity contribution is -0.125. The minimum absolute atomic E-state index is 0.0654. The number of hydrogen-bond acceptors (Lipinski definition) is 4. The van der Waals surface area contributed by atoms with Crippen LogP contribution < -0.4 is 0 Å². The van der Waals surface area contributed by atoms with E-state index in [2.05, 4.69) is 0 Å². The molecule has 0 N–H and O–H groups in total. The summed E-state index contributed by atoms with van der Waals surface area (Å²) in [6.07, 6.45) is 3.35. The van der Waals surface area contributed by atoms with Gasteiger partial charge in [-0.25, -0.2) is 0 Å². The Bertz CT molecular complexity index is 640. The molecule has 22 heavy (non-hydrogen) atoms. The molecule has 0 aromatic heterocycles. The van der Waals surface area contributed by atoms with E-state index in [-0.39, 0.29) is 23.3 Å². The van der Waals surface area contributed by atoms with Crippen molar-refractivity contribution >= 4 is 17.3 Å². The maximum absolute atomic E-state index is 12.6. The summed E-state index contributed by atoms with van der Waals surface area (Å²) < 4.78 is 0. The van der Waals surface area contributed by atoms with E-state index in [1.807, 2.05) is 11.0 Å². The molecule has 4 rings (SSSR count). The fourth-order valence-electron chi connectivity index (χ4n) is 3.25. The third kappa shape index (κ3) is 2.61. The molecule has 0 radical (unpaired) electrons. The van der Waals surface area contributed by atoms with Crippen molar-refractivity contribution in [1.82, 2.24) is 4.90 Å². The number of nitrogens with zero attached hydrogens (tertiary/aromatic N) is 1. The van der Waals surface area contributed by atoms with Gasteiger partial charge in [-0.2, -0.15) is 0 Å². The van der Waals surface area contributed by atoms with Gasteiger partial charge in [-0.3, -0.25) is 14.4 Å². The minimum atomic E-state index is -0.874. The average Bonchev–Trinajstić information content (AvgIpc) is 2.55. The lowest BCUT2D eigenvalue weighted by Gasteiger charge is -2.41. The molecule has 1 unspecified atom stereocenters. The van der Waals surface area contributed by atoms with Gasteiger partial charge in [-0.05, 0) is 25.8 Å². The summed E-state index contributed by atoms with van der Waals surface area (Å²) >= 11 is 0. The van der Waals surface area contributed by atoms with Gasteiger partial charge in [-0.15, -0.1) is 0 Å². The topological polar surface area (TPSA) is 54.5 Å². The van der Waals surface area contributed by atoms with E-state index in [1.54, 1.807) is 30.3 Å². The van der Waals surface area contributed by atoms with Crippen molar-refractivity contribution < 1.29 is 14.4 Å². The lowest BCUT2D eigenvalue weighted by Crippen LogP contribution is -2.46. The van der Waals surface area contributed by atoms with Gasteiger partial charge >= 0.3 is 0 Å². The van der Waals surface area contributed by atoms with Crippen LogP contribution in [-0.4, -0.2) is 35.3 Å². The van der Waals surface area contributed by atoms with E-state index < -0.39 is 5.92 Å². The zero-order valence-electron chi connectivity index (χ0n) is 12.6. The molecule has 1 aromatic rings. The second kappa shape index (κ2) is 5.87. The number of ketones is 3. The maximum Gasteiger partial charge on any atom is 0.181 e. The molecule has 4 heteroatoms. The van der Waals surface area contributed by atoms with Crippen LogP contribution in [-0.2, 0) is 9.59 Å². The summed E-state index contributed by atoms with van der Waals surface area (Å²) in [5.41, 5.74) is 1.06. The summed E-state index contributed by atoms with van der Waals surface area (Å²) in [5.74, 6) is -1.19. The van der Waals surface area contributed by atoms with Crippen molar-refractivity contribution in [2.24, 2.45) is 11.8 Å². The van der Waals surface area contributed by atoms with Crippen LogP contribution in [0.4, 0.5) is 0 Å². The van der Waals surface area contributed by atoms with Crippen LogP contribution in [0.2, 0.25) is 0 Å². The Morgan fingerprint density at radius 1 is 1.18 bits per heavy atom. The van der Waals surface area contributed by atoms with Gasteiger partial charge < -0.3 is 4.90 Å². The van der Waals surface area contributed by atoms with Crippen LogP contribution in [0.5, 0.6) is 0 Å². The highest BCUT2D eigenvalue weighted by molar-refractivity contribution is 6.12. The largest absolute Gasteiger partial charge is 0.369 e. The van der Waals surface area contributed by atoms with Gasteiger partial charge in [0.25, 0.3) is 0 Å². The molecule has 0 aliphatic carbocycles. The molecule has 1 atom stereocenters. The van der Waals surface area contributed by atoms with Crippen LogP contribution in [0.3, 0.4) is 0 Å². The standard InChI is InChI=1S/C18H19NO3/c1-12(20)15(17(21)13-5-3-2-4-6-13)11-16-18(22)14-7-9-19(16)10-8-14/h2-6,11,14-15H,7-10H2,1H3/b16-11-. The van der Waals surface area contributed by atoms with Gasteiger partial charge in [0.1, 0.15) is 11.7 Å². The molecule has 3 aliphatic heterocycles. The Labute approximate surface area is 129 Å². The van der Waals surface area contributed by atoms with Crippen LogP contribution in [0, 0.1) is 11.8 Å². The first-order valence-electron chi connectivity index (χ1n) is 7.68. The smallest absolute Gasteiger partial charge is 0.181 e. The molecule has 3 fully saturated rings. The number of carbonyl (C=O) groups is 3. The number of rotatable bonds is 4. The van der Waals surface area contributed by atoms with Crippen molar-refractivity contribution in [3.8, 4) is 0 Å². The first-order valence-corrected chi connectivity index (χ1v) is 7.68. The van der Waals surface area contributed by atoms with E-state index in [0.29, 0.717) is 11.3 Å². The van der Waals surface area contributed by atoms with Gasteiger partial charge in [0.05, 0.1) is 5.70 Å². The van der Waals surface area contributed by atoms with Gasteiger partial charge in [-0.1, -0.05) is 30.3 Å². The molecular formula is C18H19NO3. The average molecular weight is 297 g/mol. The lowest BCUT2D eigenvalue weighted by atomic mass is 9.82. The number of benzene rings is 1. The summed E-state index contributed by atoms with van der Waals surface area (Å²) in [6, 6.07) is 8.77. The van der Waals surface area contributed by atoms with Crippen LogP contribution in [0.15, 0.2) is 42.1 Å². The van der Waals surface area contributed by atoms with Crippen molar-refractivity contribution in [3.63, 3.8) is 0 Å². The fraction of sp³-hybridized carbons (Fsp3) is 0.389. The van der Waals surface area contributed by atoms with Gasteiger partial charge in [0, 0.05) is 24.6 Å². The SMILES string of the molecule is CC(=O)C(/C=C1/C(=O)C2CCN1CC2)C(=O)c1ccccc1. The summed E-state index contributed by atoms with van der Waals surface area (Å²) in [6.45, 7) is 3.09. The Balaban J connectivity index is 1.92. The van der Waals surface area contributed by atoms with E-state index in [1.165, 1.54) is 6.92 Å². The third-order valence-electron chi connectivity index (χ3n) is 4.56. The maximum atomic E-state index is 12.6. The molecule has 3 aliphatic rings. The van der Waals surface area contributed by atoms with Gasteiger partial charge in [0.2, 0.25) is 0 Å². The molecule has 0 amide bonds. The molecule has 1 aromatic carbocycles.